The molecule has 2 aromatic rings. The number of aromatic nitrogens is 4. The number of nitrogen functional groups attached to an aromatic ring is 1. The Labute approximate surface area is 149 Å². The van der Waals surface area contributed by atoms with Crippen LogP contribution in [0.25, 0.3) is 11.4 Å². The zero-order valence-electron chi connectivity index (χ0n) is 14.3. The van der Waals surface area contributed by atoms with Crippen molar-refractivity contribution in [3.8, 4) is 11.4 Å². The molecule has 1 aliphatic carbocycles. The molecule has 0 saturated carbocycles. The van der Waals surface area contributed by atoms with Crippen molar-refractivity contribution in [2.45, 2.75) is 37.9 Å². The number of nitrogens with two attached hydrogens (primary N) is 1. The summed E-state index contributed by atoms with van der Waals surface area (Å²) in [5.74, 6) is -0.0308. The van der Waals surface area contributed by atoms with Gasteiger partial charge in [-0.15, -0.1) is 0 Å². The van der Waals surface area contributed by atoms with Crippen LogP contribution in [0, 0.1) is 0 Å². The molecule has 8 nitrogen and oxygen atoms in total. The number of amidine groups is 1. The summed E-state index contributed by atoms with van der Waals surface area (Å²) in [5, 5.41) is 11.2. The van der Waals surface area contributed by atoms with Gasteiger partial charge in [-0.05, 0) is 17.4 Å². The Morgan fingerprint density at radius 3 is 2.96 bits per heavy atom. The quantitative estimate of drug-likeness (QED) is 0.711. The van der Waals surface area contributed by atoms with Crippen LogP contribution in [0.4, 0.5) is 5.95 Å². The molecule has 4 rings (SSSR count). The van der Waals surface area contributed by atoms with Gasteiger partial charge in [0.15, 0.2) is 5.17 Å². The van der Waals surface area contributed by atoms with E-state index in [1.54, 1.807) is 18.0 Å². The standard InChI is InChI=1S/C16H19N7OS/c1-7-5-19-15(25-7)21-13(24)12-9-11(22-23-12)10-8(4-16(9,2)3)6-18-14(17)20-10/h6-7H,4-5H2,1-3H3,(H,22,23)(H2,17,18,20)(H,19,21,24). The number of amides is 1. The van der Waals surface area contributed by atoms with Gasteiger partial charge < -0.3 is 5.73 Å². The van der Waals surface area contributed by atoms with Crippen molar-refractivity contribution < 1.29 is 4.79 Å². The molecular formula is C16H19N7OS. The number of hydrogen-bond acceptors (Lipinski definition) is 7. The predicted molar refractivity (Wildman–Crippen MR) is 97.6 cm³/mol. The zero-order valence-corrected chi connectivity index (χ0v) is 15.1. The summed E-state index contributed by atoms with van der Waals surface area (Å²) in [4.78, 5) is 25.5. The molecule has 0 bridgehead atoms. The molecule has 0 saturated heterocycles. The van der Waals surface area contributed by atoms with Crippen LogP contribution < -0.4 is 11.1 Å². The lowest BCUT2D eigenvalue weighted by Gasteiger charge is -2.30. The van der Waals surface area contributed by atoms with Crippen LogP contribution in [0.1, 0.15) is 42.4 Å². The van der Waals surface area contributed by atoms with E-state index in [-0.39, 0.29) is 17.3 Å². The van der Waals surface area contributed by atoms with Crippen molar-refractivity contribution in [1.82, 2.24) is 25.5 Å². The van der Waals surface area contributed by atoms with E-state index in [9.17, 15) is 4.79 Å². The number of thioether (sulfide) groups is 1. The van der Waals surface area contributed by atoms with Gasteiger partial charge in [-0.1, -0.05) is 32.5 Å². The van der Waals surface area contributed by atoms with Crippen LogP contribution >= 0.6 is 11.8 Å². The highest BCUT2D eigenvalue weighted by atomic mass is 32.2. The maximum Gasteiger partial charge on any atom is 0.275 e. The molecule has 0 fully saturated rings. The normalized spacial score (nSPS) is 20.6. The summed E-state index contributed by atoms with van der Waals surface area (Å²) < 4.78 is 0. The van der Waals surface area contributed by atoms with Gasteiger partial charge in [0.25, 0.3) is 5.91 Å². The monoisotopic (exact) mass is 357 g/mol. The highest BCUT2D eigenvalue weighted by Gasteiger charge is 2.38. The molecule has 3 heterocycles. The number of nitrogens with zero attached hydrogens (tertiary/aromatic N) is 4. The molecule has 1 unspecified atom stereocenters. The van der Waals surface area contributed by atoms with Gasteiger partial charge in [0.05, 0.1) is 12.2 Å². The number of carbonyl (C=O) groups excluding carboxylic acids is 1. The lowest BCUT2D eigenvalue weighted by Crippen LogP contribution is -2.33. The van der Waals surface area contributed by atoms with Crippen molar-refractivity contribution in [2.24, 2.45) is 4.99 Å². The van der Waals surface area contributed by atoms with Crippen molar-refractivity contribution in [3.05, 3.63) is 23.0 Å². The number of rotatable bonds is 1. The number of H-pyrrole nitrogens is 1. The molecule has 1 aliphatic heterocycles. The Morgan fingerprint density at radius 2 is 2.24 bits per heavy atom. The van der Waals surface area contributed by atoms with Crippen LogP contribution in [-0.2, 0) is 11.8 Å². The summed E-state index contributed by atoms with van der Waals surface area (Å²) in [5.41, 5.74) is 9.10. The fourth-order valence-electron chi connectivity index (χ4n) is 3.36. The second kappa shape index (κ2) is 5.55. The second-order valence-corrected chi connectivity index (χ2v) is 8.44. The van der Waals surface area contributed by atoms with E-state index in [0.29, 0.717) is 33.9 Å². The first-order chi connectivity index (χ1) is 11.8. The lowest BCUT2D eigenvalue weighted by molar-refractivity contribution is 0.0970. The average Bonchev–Trinajstić information content (AvgIpc) is 3.15. The number of anilines is 1. The summed E-state index contributed by atoms with van der Waals surface area (Å²) in [6.45, 7) is 6.97. The molecule has 9 heteroatoms. The first kappa shape index (κ1) is 16.1. The minimum absolute atomic E-state index is 0.198. The predicted octanol–water partition coefficient (Wildman–Crippen LogP) is 1.50. The maximum atomic E-state index is 12.8. The second-order valence-electron chi connectivity index (χ2n) is 7.01. The van der Waals surface area contributed by atoms with Crippen LogP contribution in [0.15, 0.2) is 11.2 Å². The number of carbonyl (C=O) groups is 1. The Morgan fingerprint density at radius 1 is 1.44 bits per heavy atom. The summed E-state index contributed by atoms with van der Waals surface area (Å²) in [7, 11) is 0. The van der Waals surface area contributed by atoms with Crippen molar-refractivity contribution >= 4 is 28.8 Å². The Kier molecular flexibility index (Phi) is 3.57. The Hall–Kier alpha value is -2.42. The summed E-state index contributed by atoms with van der Waals surface area (Å²) in [6.07, 6.45) is 2.45. The Bertz CT molecular complexity index is 902. The molecule has 4 N–H and O–H groups in total. The summed E-state index contributed by atoms with van der Waals surface area (Å²) >= 11 is 1.57. The van der Waals surface area contributed by atoms with Gasteiger partial charge in [-0.25, -0.2) is 9.97 Å². The van der Waals surface area contributed by atoms with Crippen molar-refractivity contribution in [3.63, 3.8) is 0 Å². The number of hydrogen-bond donors (Lipinski definition) is 3. The third-order valence-electron chi connectivity index (χ3n) is 4.44. The average molecular weight is 357 g/mol. The van der Waals surface area contributed by atoms with Crippen molar-refractivity contribution in [1.29, 1.82) is 0 Å². The molecule has 1 amide bonds. The smallest absolute Gasteiger partial charge is 0.275 e. The molecule has 2 aromatic heterocycles. The first-order valence-electron chi connectivity index (χ1n) is 8.08. The van der Waals surface area contributed by atoms with E-state index < -0.39 is 0 Å². The number of fused-ring (bicyclic) bond motifs is 3. The Balaban J connectivity index is 1.74. The molecule has 2 aliphatic rings. The largest absolute Gasteiger partial charge is 0.368 e. The van der Waals surface area contributed by atoms with E-state index in [1.807, 2.05) is 0 Å². The molecule has 1 atom stereocenters. The number of aliphatic imine (C=N–C) groups is 1. The van der Waals surface area contributed by atoms with Crippen molar-refractivity contribution in [2.75, 3.05) is 12.3 Å². The van der Waals surface area contributed by atoms with Gasteiger partial charge in [0.1, 0.15) is 11.4 Å². The topological polar surface area (TPSA) is 122 Å². The molecule has 0 radical (unpaired) electrons. The SMILES string of the molecule is CC1CN=C(NC(=O)c2[nH]nc3c2C(C)(C)Cc2cnc(N)nc2-3)S1. The third-order valence-corrected chi connectivity index (χ3v) is 5.44. The van der Waals surface area contributed by atoms with Crippen LogP contribution in [0.3, 0.4) is 0 Å². The molecule has 0 aromatic carbocycles. The van der Waals surface area contributed by atoms with E-state index >= 15 is 0 Å². The highest BCUT2D eigenvalue weighted by molar-refractivity contribution is 8.14. The minimum atomic E-state index is -0.278. The number of aromatic amines is 1. The highest BCUT2D eigenvalue weighted by Crippen LogP contribution is 2.42. The van der Waals surface area contributed by atoms with Crippen LogP contribution in [0.5, 0.6) is 0 Å². The van der Waals surface area contributed by atoms with Gasteiger partial charge in [-0.2, -0.15) is 5.10 Å². The molecule has 25 heavy (non-hydrogen) atoms. The van der Waals surface area contributed by atoms with Crippen LogP contribution in [-0.4, -0.2) is 43.0 Å². The van der Waals surface area contributed by atoms with Gasteiger partial charge in [-0.3, -0.25) is 20.2 Å². The molecule has 0 spiro atoms. The van der Waals surface area contributed by atoms with Gasteiger partial charge >= 0.3 is 0 Å². The molecule has 130 valence electrons. The maximum absolute atomic E-state index is 12.8. The zero-order chi connectivity index (χ0) is 17.8. The number of nitrogens with one attached hydrogen (secondary N) is 2. The molecular weight excluding hydrogens is 338 g/mol. The van der Waals surface area contributed by atoms with E-state index in [1.165, 1.54) is 0 Å². The third kappa shape index (κ3) is 2.68. The fourth-order valence-corrected chi connectivity index (χ4v) is 4.19. The lowest BCUT2D eigenvalue weighted by atomic mass is 9.73. The van der Waals surface area contributed by atoms with Crippen LogP contribution in [0.2, 0.25) is 0 Å². The van der Waals surface area contributed by atoms with E-state index in [4.69, 9.17) is 5.73 Å². The van der Waals surface area contributed by atoms with E-state index in [2.05, 4.69) is 51.2 Å². The van der Waals surface area contributed by atoms with E-state index in [0.717, 1.165) is 17.7 Å². The fraction of sp³-hybridized carbons (Fsp3) is 0.438. The summed E-state index contributed by atoms with van der Waals surface area (Å²) in [6, 6.07) is 0. The minimum Gasteiger partial charge on any atom is -0.368 e. The van der Waals surface area contributed by atoms with Gasteiger partial charge in [0, 0.05) is 17.0 Å². The first-order valence-corrected chi connectivity index (χ1v) is 8.96. The van der Waals surface area contributed by atoms with Gasteiger partial charge in [0.2, 0.25) is 5.95 Å².